The van der Waals surface area contributed by atoms with Gasteiger partial charge in [-0.2, -0.15) is 0 Å². The molecule has 0 spiro atoms. The van der Waals surface area contributed by atoms with E-state index in [1.807, 2.05) is 30.6 Å². The van der Waals surface area contributed by atoms with E-state index in [0.29, 0.717) is 18.0 Å². The number of aromatic nitrogens is 2. The number of halogens is 1. The third kappa shape index (κ3) is 2.84. The van der Waals surface area contributed by atoms with Gasteiger partial charge in [0.15, 0.2) is 0 Å². The molecule has 108 valence electrons. The standard InChI is InChI=1S/C14H19FN4O/c1-18(2)14-17-9-10(19(14)3)8-16-13-7-11(20-4)5-6-12(13)15/h5-7,9,16H,8H2,1-4H3. The fraction of sp³-hybridized carbons (Fsp3) is 0.357. The largest absolute Gasteiger partial charge is 0.497 e. The van der Waals surface area contributed by atoms with Gasteiger partial charge in [0, 0.05) is 27.2 Å². The quantitative estimate of drug-likeness (QED) is 0.911. The van der Waals surface area contributed by atoms with Crippen molar-refractivity contribution in [1.29, 1.82) is 0 Å². The average molecular weight is 278 g/mol. The van der Waals surface area contributed by atoms with Crippen molar-refractivity contribution in [3.05, 3.63) is 35.9 Å². The Hall–Kier alpha value is -2.24. The molecule has 2 rings (SSSR count). The van der Waals surface area contributed by atoms with Crippen molar-refractivity contribution < 1.29 is 9.13 Å². The van der Waals surface area contributed by atoms with Crippen molar-refractivity contribution in [2.45, 2.75) is 6.54 Å². The molecular weight excluding hydrogens is 259 g/mol. The van der Waals surface area contributed by atoms with Crippen LogP contribution < -0.4 is 15.0 Å². The highest BCUT2D eigenvalue weighted by atomic mass is 19.1. The Bertz CT molecular complexity index is 595. The zero-order valence-corrected chi connectivity index (χ0v) is 12.1. The molecule has 0 unspecified atom stereocenters. The van der Waals surface area contributed by atoms with Crippen LogP contribution in [-0.4, -0.2) is 30.8 Å². The van der Waals surface area contributed by atoms with E-state index in [1.165, 1.54) is 6.07 Å². The van der Waals surface area contributed by atoms with Gasteiger partial charge in [0.05, 0.1) is 31.2 Å². The van der Waals surface area contributed by atoms with E-state index in [2.05, 4.69) is 10.3 Å². The van der Waals surface area contributed by atoms with Gasteiger partial charge in [-0.1, -0.05) is 0 Å². The maximum absolute atomic E-state index is 13.7. The second-order valence-electron chi connectivity index (χ2n) is 4.70. The van der Waals surface area contributed by atoms with Crippen molar-refractivity contribution in [3.8, 4) is 5.75 Å². The molecule has 2 aromatic rings. The zero-order valence-electron chi connectivity index (χ0n) is 12.1. The van der Waals surface area contributed by atoms with E-state index in [0.717, 1.165) is 11.6 Å². The Balaban J connectivity index is 2.13. The van der Waals surface area contributed by atoms with Gasteiger partial charge < -0.3 is 19.5 Å². The minimum atomic E-state index is -0.305. The minimum Gasteiger partial charge on any atom is -0.497 e. The number of hydrogen-bond donors (Lipinski definition) is 1. The molecule has 6 heteroatoms. The van der Waals surface area contributed by atoms with Crippen LogP contribution in [-0.2, 0) is 13.6 Å². The number of nitrogens with one attached hydrogen (secondary N) is 1. The van der Waals surface area contributed by atoms with Gasteiger partial charge in [-0.3, -0.25) is 0 Å². The number of benzene rings is 1. The summed E-state index contributed by atoms with van der Waals surface area (Å²) in [5, 5.41) is 3.06. The van der Waals surface area contributed by atoms with Crippen LogP contribution in [0.2, 0.25) is 0 Å². The number of ether oxygens (including phenoxy) is 1. The van der Waals surface area contributed by atoms with E-state index >= 15 is 0 Å². The lowest BCUT2D eigenvalue weighted by Gasteiger charge is -2.13. The van der Waals surface area contributed by atoms with Crippen LogP contribution in [0, 0.1) is 5.82 Å². The van der Waals surface area contributed by atoms with Crippen LogP contribution in [0.4, 0.5) is 16.0 Å². The molecule has 1 aromatic carbocycles. The number of methoxy groups -OCH3 is 1. The summed E-state index contributed by atoms with van der Waals surface area (Å²) >= 11 is 0. The summed E-state index contributed by atoms with van der Waals surface area (Å²) in [6.07, 6.45) is 1.78. The summed E-state index contributed by atoms with van der Waals surface area (Å²) in [4.78, 5) is 6.24. The highest BCUT2D eigenvalue weighted by Crippen LogP contribution is 2.22. The lowest BCUT2D eigenvalue weighted by molar-refractivity contribution is 0.414. The van der Waals surface area contributed by atoms with Gasteiger partial charge in [0.1, 0.15) is 11.6 Å². The van der Waals surface area contributed by atoms with Crippen LogP contribution in [0.3, 0.4) is 0 Å². The SMILES string of the molecule is COc1ccc(F)c(NCc2cnc(N(C)C)n2C)c1. The van der Waals surface area contributed by atoms with E-state index in [1.54, 1.807) is 25.4 Å². The summed E-state index contributed by atoms with van der Waals surface area (Å²) in [5.74, 6) is 1.17. The van der Waals surface area contributed by atoms with Crippen molar-refractivity contribution in [1.82, 2.24) is 9.55 Å². The molecule has 1 aromatic heterocycles. The number of nitrogens with zero attached hydrogens (tertiary/aromatic N) is 3. The molecule has 20 heavy (non-hydrogen) atoms. The van der Waals surface area contributed by atoms with Gasteiger partial charge in [-0.15, -0.1) is 0 Å². The molecule has 1 N–H and O–H groups in total. The first-order valence-corrected chi connectivity index (χ1v) is 6.28. The van der Waals surface area contributed by atoms with Gasteiger partial charge >= 0.3 is 0 Å². The zero-order chi connectivity index (χ0) is 14.7. The van der Waals surface area contributed by atoms with E-state index in [9.17, 15) is 4.39 Å². The molecular formula is C14H19FN4O. The van der Waals surface area contributed by atoms with Crippen molar-refractivity contribution in [2.75, 3.05) is 31.4 Å². The Labute approximate surface area is 118 Å². The molecule has 0 aliphatic carbocycles. The predicted octanol–water partition coefficient (Wildman–Crippen LogP) is 2.25. The normalized spacial score (nSPS) is 10.4. The number of imidazole rings is 1. The third-order valence-electron chi connectivity index (χ3n) is 3.09. The highest BCUT2D eigenvalue weighted by molar-refractivity contribution is 5.50. The second kappa shape index (κ2) is 5.81. The lowest BCUT2D eigenvalue weighted by Crippen LogP contribution is -2.15. The Morgan fingerprint density at radius 3 is 2.75 bits per heavy atom. The molecule has 5 nitrogen and oxygen atoms in total. The molecule has 0 radical (unpaired) electrons. The smallest absolute Gasteiger partial charge is 0.204 e. The van der Waals surface area contributed by atoms with Gasteiger partial charge in [0.2, 0.25) is 5.95 Å². The Morgan fingerprint density at radius 2 is 2.15 bits per heavy atom. The van der Waals surface area contributed by atoms with Crippen molar-refractivity contribution in [3.63, 3.8) is 0 Å². The first kappa shape index (κ1) is 14.2. The Morgan fingerprint density at radius 1 is 1.40 bits per heavy atom. The molecule has 0 saturated carbocycles. The topological polar surface area (TPSA) is 42.3 Å². The van der Waals surface area contributed by atoms with Gasteiger partial charge in [-0.05, 0) is 12.1 Å². The molecule has 0 aliphatic heterocycles. The molecule has 0 saturated heterocycles. The van der Waals surface area contributed by atoms with Crippen LogP contribution in [0.15, 0.2) is 24.4 Å². The third-order valence-corrected chi connectivity index (χ3v) is 3.09. The lowest BCUT2D eigenvalue weighted by atomic mass is 10.2. The second-order valence-corrected chi connectivity index (χ2v) is 4.70. The van der Waals surface area contributed by atoms with Gasteiger partial charge in [0.25, 0.3) is 0 Å². The van der Waals surface area contributed by atoms with Crippen molar-refractivity contribution in [2.24, 2.45) is 7.05 Å². The first-order chi connectivity index (χ1) is 9.52. The monoisotopic (exact) mass is 278 g/mol. The fourth-order valence-electron chi connectivity index (χ4n) is 1.97. The summed E-state index contributed by atoms with van der Waals surface area (Å²) < 4.78 is 20.7. The number of anilines is 2. The molecule has 0 amide bonds. The molecule has 0 atom stereocenters. The minimum absolute atomic E-state index is 0.305. The average Bonchev–Trinajstić information content (AvgIpc) is 2.79. The van der Waals surface area contributed by atoms with E-state index in [4.69, 9.17) is 4.74 Å². The van der Waals surface area contributed by atoms with Crippen LogP contribution >= 0.6 is 0 Å². The summed E-state index contributed by atoms with van der Waals surface area (Å²) in [5.41, 5.74) is 1.38. The number of rotatable bonds is 5. The maximum atomic E-state index is 13.7. The maximum Gasteiger partial charge on any atom is 0.204 e. The van der Waals surface area contributed by atoms with E-state index < -0.39 is 0 Å². The molecule has 0 fully saturated rings. The van der Waals surface area contributed by atoms with Crippen LogP contribution in [0.5, 0.6) is 5.75 Å². The number of hydrogen-bond acceptors (Lipinski definition) is 4. The van der Waals surface area contributed by atoms with Gasteiger partial charge in [-0.25, -0.2) is 9.37 Å². The first-order valence-electron chi connectivity index (χ1n) is 6.28. The predicted molar refractivity (Wildman–Crippen MR) is 77.8 cm³/mol. The van der Waals surface area contributed by atoms with Crippen molar-refractivity contribution >= 4 is 11.6 Å². The molecule has 0 bridgehead atoms. The van der Waals surface area contributed by atoms with Crippen LogP contribution in [0.25, 0.3) is 0 Å². The summed E-state index contributed by atoms with van der Waals surface area (Å²) in [7, 11) is 7.35. The highest BCUT2D eigenvalue weighted by Gasteiger charge is 2.09. The van der Waals surface area contributed by atoms with E-state index in [-0.39, 0.29) is 5.82 Å². The fourth-order valence-corrected chi connectivity index (χ4v) is 1.97. The molecule has 1 heterocycles. The summed E-state index contributed by atoms with van der Waals surface area (Å²) in [6.45, 7) is 0.488. The molecule has 0 aliphatic rings. The summed E-state index contributed by atoms with van der Waals surface area (Å²) in [6, 6.07) is 4.61. The Kier molecular flexibility index (Phi) is 4.12. The van der Waals surface area contributed by atoms with Crippen LogP contribution in [0.1, 0.15) is 5.69 Å².